The highest BCUT2D eigenvalue weighted by Crippen LogP contribution is 2.28. The van der Waals surface area contributed by atoms with Crippen molar-refractivity contribution < 1.29 is 0 Å². The molecule has 0 amide bonds. The molecule has 0 aliphatic heterocycles. The van der Waals surface area contributed by atoms with Crippen LogP contribution in [0.3, 0.4) is 0 Å². The van der Waals surface area contributed by atoms with E-state index in [1.165, 1.54) is 98.2 Å². The number of fused-ring (bicyclic) bond motifs is 1. The summed E-state index contributed by atoms with van der Waals surface area (Å²) in [6, 6.07) is 19.7. The van der Waals surface area contributed by atoms with Crippen LogP contribution in [-0.4, -0.2) is 14.6 Å². The van der Waals surface area contributed by atoms with Crippen LogP contribution in [0.15, 0.2) is 77.7 Å². The average Bonchev–Trinajstić information content (AvgIpc) is 3.40. The van der Waals surface area contributed by atoms with E-state index >= 15 is 0 Å². The first-order chi connectivity index (χ1) is 17.7. The molecule has 2 aliphatic carbocycles. The van der Waals surface area contributed by atoms with Crippen LogP contribution in [0.4, 0.5) is 0 Å². The van der Waals surface area contributed by atoms with Crippen LogP contribution in [0.25, 0.3) is 16.8 Å². The molecular formula is C32H38BrN3. The second kappa shape index (κ2) is 12.7. The van der Waals surface area contributed by atoms with Gasteiger partial charge < -0.3 is 0 Å². The monoisotopic (exact) mass is 543 g/mol. The fourth-order valence-electron chi connectivity index (χ4n) is 5.86. The first-order valence-electron chi connectivity index (χ1n) is 13.9. The molecule has 4 aromatic rings. The molecule has 188 valence electrons. The molecule has 2 aliphatic rings. The molecule has 3 nitrogen and oxygen atoms in total. The van der Waals surface area contributed by atoms with Crippen LogP contribution >= 0.6 is 15.9 Å². The Morgan fingerprint density at radius 1 is 0.667 bits per heavy atom. The molecule has 36 heavy (non-hydrogen) atoms. The van der Waals surface area contributed by atoms with Crippen molar-refractivity contribution in [1.82, 2.24) is 14.6 Å². The zero-order valence-electron chi connectivity index (χ0n) is 21.3. The van der Waals surface area contributed by atoms with Crippen LogP contribution < -0.4 is 0 Å². The maximum atomic E-state index is 4.43. The van der Waals surface area contributed by atoms with Gasteiger partial charge in [0.15, 0.2) is 5.65 Å². The third-order valence-corrected chi connectivity index (χ3v) is 8.47. The number of hydrogen-bond donors (Lipinski definition) is 0. The summed E-state index contributed by atoms with van der Waals surface area (Å²) in [5, 5.41) is 4.25. The Morgan fingerprint density at radius 2 is 1.22 bits per heavy atom. The highest BCUT2D eigenvalue weighted by molar-refractivity contribution is 9.10. The van der Waals surface area contributed by atoms with Crippen molar-refractivity contribution in [2.75, 3.05) is 0 Å². The smallest absolute Gasteiger partial charge is 0.154 e. The lowest BCUT2D eigenvalue weighted by atomic mass is 9.85. The largest absolute Gasteiger partial charge is 0.236 e. The first-order valence-corrected chi connectivity index (χ1v) is 14.7. The van der Waals surface area contributed by atoms with Gasteiger partial charge in [-0.05, 0) is 53.5 Å². The molecule has 0 spiro atoms. The third kappa shape index (κ3) is 7.06. The Kier molecular flexibility index (Phi) is 8.87. The summed E-state index contributed by atoms with van der Waals surface area (Å²) in [5.41, 5.74) is 6.17. The SMILES string of the molecule is Brc1ccc(CC2CCCCC2)cc1.c1cc2ncc(-c3ccc(CC4CCCCC4)cc3)cn2n1. The fourth-order valence-corrected chi connectivity index (χ4v) is 6.13. The quantitative estimate of drug-likeness (QED) is 0.251. The molecular weight excluding hydrogens is 506 g/mol. The van der Waals surface area contributed by atoms with Crippen LogP contribution in [0.1, 0.15) is 75.3 Å². The molecule has 0 radical (unpaired) electrons. The number of hydrogen-bond acceptors (Lipinski definition) is 2. The Balaban J connectivity index is 0.000000165. The summed E-state index contributed by atoms with van der Waals surface area (Å²) in [6.07, 6.45) is 22.6. The number of benzene rings is 2. The molecule has 2 aromatic carbocycles. The van der Waals surface area contributed by atoms with E-state index in [0.29, 0.717) is 0 Å². The number of halogens is 1. The summed E-state index contributed by atoms with van der Waals surface area (Å²) < 4.78 is 3.01. The van der Waals surface area contributed by atoms with Gasteiger partial charge >= 0.3 is 0 Å². The van der Waals surface area contributed by atoms with Gasteiger partial charge in [0.25, 0.3) is 0 Å². The van der Waals surface area contributed by atoms with Gasteiger partial charge in [-0.2, -0.15) is 5.10 Å². The minimum absolute atomic E-state index is 0.887. The number of nitrogens with zero attached hydrogens (tertiary/aromatic N) is 3. The van der Waals surface area contributed by atoms with Crippen molar-refractivity contribution in [2.45, 2.75) is 77.0 Å². The minimum atomic E-state index is 0.887. The summed E-state index contributed by atoms with van der Waals surface area (Å²) in [4.78, 5) is 4.43. The third-order valence-electron chi connectivity index (χ3n) is 7.95. The van der Waals surface area contributed by atoms with E-state index in [4.69, 9.17) is 0 Å². The molecule has 2 aromatic heterocycles. The van der Waals surface area contributed by atoms with Gasteiger partial charge in [-0.3, -0.25) is 0 Å². The molecule has 0 saturated heterocycles. The van der Waals surface area contributed by atoms with Gasteiger partial charge in [0, 0.05) is 28.5 Å². The van der Waals surface area contributed by atoms with Gasteiger partial charge in [0.1, 0.15) is 0 Å². The lowest BCUT2D eigenvalue weighted by Gasteiger charge is -2.21. The normalized spacial score (nSPS) is 17.0. The second-order valence-corrected chi connectivity index (χ2v) is 11.6. The lowest BCUT2D eigenvalue weighted by molar-refractivity contribution is 0.356. The summed E-state index contributed by atoms with van der Waals surface area (Å²) >= 11 is 3.47. The molecule has 0 N–H and O–H groups in total. The lowest BCUT2D eigenvalue weighted by Crippen LogP contribution is -2.09. The predicted molar refractivity (Wildman–Crippen MR) is 153 cm³/mol. The highest BCUT2D eigenvalue weighted by atomic mass is 79.9. The molecule has 6 rings (SSSR count). The van der Waals surface area contributed by atoms with Crippen LogP contribution in [0.2, 0.25) is 0 Å². The molecule has 0 bridgehead atoms. The molecule has 2 heterocycles. The van der Waals surface area contributed by atoms with Crippen molar-refractivity contribution in [3.05, 3.63) is 88.8 Å². The van der Waals surface area contributed by atoms with E-state index in [2.05, 4.69) is 74.5 Å². The summed E-state index contributed by atoms with van der Waals surface area (Å²) in [6.45, 7) is 0. The molecule has 0 atom stereocenters. The van der Waals surface area contributed by atoms with E-state index in [1.54, 1.807) is 6.20 Å². The highest BCUT2D eigenvalue weighted by Gasteiger charge is 2.14. The van der Waals surface area contributed by atoms with Gasteiger partial charge in [0.2, 0.25) is 0 Å². The van der Waals surface area contributed by atoms with Crippen LogP contribution in [0, 0.1) is 11.8 Å². The van der Waals surface area contributed by atoms with Crippen molar-refractivity contribution in [3.8, 4) is 11.1 Å². The van der Waals surface area contributed by atoms with Crippen molar-refractivity contribution in [3.63, 3.8) is 0 Å². The number of aromatic nitrogens is 3. The second-order valence-electron chi connectivity index (χ2n) is 10.7. The van der Waals surface area contributed by atoms with Crippen LogP contribution in [-0.2, 0) is 12.8 Å². The Bertz CT molecular complexity index is 1200. The Morgan fingerprint density at radius 3 is 1.81 bits per heavy atom. The average molecular weight is 545 g/mol. The topological polar surface area (TPSA) is 30.2 Å². The van der Waals surface area contributed by atoms with Crippen molar-refractivity contribution in [2.24, 2.45) is 11.8 Å². The first kappa shape index (κ1) is 25.2. The zero-order chi connectivity index (χ0) is 24.6. The van der Waals surface area contributed by atoms with Gasteiger partial charge in [0.05, 0.1) is 6.20 Å². The summed E-state index contributed by atoms with van der Waals surface area (Å²) in [5.74, 6) is 1.84. The van der Waals surface area contributed by atoms with Gasteiger partial charge in [-0.25, -0.2) is 9.50 Å². The minimum Gasteiger partial charge on any atom is -0.236 e. The van der Waals surface area contributed by atoms with E-state index in [1.807, 2.05) is 23.0 Å². The van der Waals surface area contributed by atoms with Gasteiger partial charge in [-0.1, -0.05) is 117 Å². The van der Waals surface area contributed by atoms with E-state index < -0.39 is 0 Å². The maximum Gasteiger partial charge on any atom is 0.154 e. The van der Waals surface area contributed by atoms with E-state index in [0.717, 1.165) is 23.0 Å². The predicted octanol–water partition coefficient (Wildman–Crippen LogP) is 9.09. The van der Waals surface area contributed by atoms with Crippen molar-refractivity contribution in [1.29, 1.82) is 0 Å². The van der Waals surface area contributed by atoms with Gasteiger partial charge in [-0.15, -0.1) is 0 Å². The van der Waals surface area contributed by atoms with Crippen molar-refractivity contribution >= 4 is 21.6 Å². The Hall–Kier alpha value is -2.46. The molecule has 4 heteroatoms. The zero-order valence-corrected chi connectivity index (χ0v) is 22.9. The molecule has 2 saturated carbocycles. The van der Waals surface area contributed by atoms with E-state index in [-0.39, 0.29) is 0 Å². The summed E-state index contributed by atoms with van der Waals surface area (Å²) in [7, 11) is 0. The van der Waals surface area contributed by atoms with Crippen LogP contribution in [0.5, 0.6) is 0 Å². The fraction of sp³-hybridized carbons (Fsp3) is 0.438. The molecule has 2 fully saturated rings. The Labute approximate surface area is 224 Å². The van der Waals surface area contributed by atoms with E-state index in [9.17, 15) is 0 Å². The number of rotatable bonds is 5. The standard InChI is InChI=1S/C19H21N3.C13H17Br/c1-2-4-15(5-3-1)12-16-6-8-17(9-7-16)18-13-20-19-10-11-21-22(19)14-18;14-13-8-6-12(7-9-13)10-11-4-2-1-3-5-11/h6-11,13-15H,1-5,12H2;6-9,11H,1-5,10H2. The molecule has 0 unspecified atom stereocenters. The maximum absolute atomic E-state index is 4.43.